The van der Waals surface area contributed by atoms with Crippen molar-refractivity contribution in [3.63, 3.8) is 0 Å². The molecule has 0 radical (unpaired) electrons. The third kappa shape index (κ3) is 2.64. The summed E-state index contributed by atoms with van der Waals surface area (Å²) < 4.78 is 1.49. The molecule has 0 bridgehead atoms. The first-order valence-electron chi connectivity index (χ1n) is 6.03. The molecule has 0 fully saturated rings. The molecule has 0 aliphatic carbocycles. The maximum absolute atomic E-state index is 10.8. The molecule has 1 aromatic heterocycles. The minimum absolute atomic E-state index is 0.00686. The molecule has 106 valence electrons. The number of halogens is 2. The van der Waals surface area contributed by atoms with Gasteiger partial charge in [-0.2, -0.15) is 5.10 Å². The highest BCUT2D eigenvalue weighted by Gasteiger charge is 2.19. The van der Waals surface area contributed by atoms with Gasteiger partial charge in [0.25, 0.3) is 5.69 Å². The van der Waals surface area contributed by atoms with Crippen LogP contribution in [0, 0.1) is 10.1 Å². The van der Waals surface area contributed by atoms with Crippen molar-refractivity contribution in [2.24, 2.45) is 0 Å². The lowest BCUT2D eigenvalue weighted by Crippen LogP contribution is -1.99. The SMILES string of the molecule is CC(C)c1nn(-c2cccc([N+](=O)[O-])c2)c(Cl)c1CCl. The molecule has 0 saturated heterocycles. The van der Waals surface area contributed by atoms with Crippen molar-refractivity contribution in [2.45, 2.75) is 25.6 Å². The van der Waals surface area contributed by atoms with Gasteiger partial charge in [0.1, 0.15) is 5.15 Å². The second kappa shape index (κ2) is 5.81. The van der Waals surface area contributed by atoms with E-state index >= 15 is 0 Å². The van der Waals surface area contributed by atoms with Crippen LogP contribution >= 0.6 is 23.2 Å². The molecule has 5 nitrogen and oxygen atoms in total. The molecule has 2 aromatic rings. The average Bonchev–Trinajstić information content (AvgIpc) is 2.76. The Morgan fingerprint density at radius 1 is 1.45 bits per heavy atom. The predicted octanol–water partition coefficient (Wildman–Crippen LogP) is 4.30. The molecule has 20 heavy (non-hydrogen) atoms. The van der Waals surface area contributed by atoms with Crippen LogP contribution in [0.15, 0.2) is 24.3 Å². The van der Waals surface area contributed by atoms with Gasteiger partial charge in [0.05, 0.1) is 22.2 Å². The number of hydrogen-bond acceptors (Lipinski definition) is 3. The lowest BCUT2D eigenvalue weighted by atomic mass is 10.1. The Balaban J connectivity index is 2.58. The monoisotopic (exact) mass is 313 g/mol. The fourth-order valence-electron chi connectivity index (χ4n) is 1.94. The zero-order valence-electron chi connectivity index (χ0n) is 11.0. The van der Waals surface area contributed by atoms with E-state index in [1.54, 1.807) is 12.1 Å². The number of nitro benzene ring substituents is 1. The summed E-state index contributed by atoms with van der Waals surface area (Å²) in [6.07, 6.45) is 0. The van der Waals surface area contributed by atoms with Gasteiger partial charge in [-0.05, 0) is 12.0 Å². The number of nitrogens with zero attached hydrogens (tertiary/aromatic N) is 3. The molecule has 1 heterocycles. The van der Waals surface area contributed by atoms with Crippen molar-refractivity contribution in [2.75, 3.05) is 0 Å². The smallest absolute Gasteiger partial charge is 0.258 e. The summed E-state index contributed by atoms with van der Waals surface area (Å²) in [4.78, 5) is 10.4. The van der Waals surface area contributed by atoms with Gasteiger partial charge >= 0.3 is 0 Å². The van der Waals surface area contributed by atoms with Gasteiger partial charge in [-0.25, -0.2) is 4.68 Å². The third-order valence-electron chi connectivity index (χ3n) is 2.92. The highest BCUT2D eigenvalue weighted by molar-refractivity contribution is 6.31. The number of aromatic nitrogens is 2. The van der Waals surface area contributed by atoms with E-state index in [2.05, 4.69) is 5.10 Å². The van der Waals surface area contributed by atoms with Crippen LogP contribution in [0.1, 0.15) is 31.0 Å². The summed E-state index contributed by atoms with van der Waals surface area (Å²) in [6.45, 7) is 3.99. The molecule has 7 heteroatoms. The van der Waals surface area contributed by atoms with Crippen molar-refractivity contribution in [1.82, 2.24) is 9.78 Å². The summed E-state index contributed by atoms with van der Waals surface area (Å²) in [5, 5.41) is 15.6. The number of rotatable bonds is 4. The minimum Gasteiger partial charge on any atom is -0.258 e. The molecule has 0 N–H and O–H groups in total. The number of non-ortho nitro benzene ring substituents is 1. The van der Waals surface area contributed by atoms with E-state index in [-0.39, 0.29) is 17.5 Å². The summed E-state index contributed by atoms with van der Waals surface area (Å²) >= 11 is 12.2. The number of hydrogen-bond donors (Lipinski definition) is 0. The first kappa shape index (κ1) is 14.8. The van der Waals surface area contributed by atoms with Crippen molar-refractivity contribution in [1.29, 1.82) is 0 Å². The van der Waals surface area contributed by atoms with Crippen LogP contribution in [0.3, 0.4) is 0 Å². The molecular weight excluding hydrogens is 301 g/mol. The molecule has 0 amide bonds. The molecule has 0 atom stereocenters. The van der Waals surface area contributed by atoms with Gasteiger partial charge in [0, 0.05) is 17.7 Å². The van der Waals surface area contributed by atoms with E-state index < -0.39 is 4.92 Å². The largest absolute Gasteiger partial charge is 0.271 e. The van der Waals surface area contributed by atoms with E-state index in [0.29, 0.717) is 10.8 Å². The Bertz CT molecular complexity index is 653. The van der Waals surface area contributed by atoms with Crippen molar-refractivity contribution < 1.29 is 4.92 Å². The minimum atomic E-state index is -0.452. The second-order valence-corrected chi connectivity index (χ2v) is 5.26. The van der Waals surface area contributed by atoms with E-state index in [1.807, 2.05) is 13.8 Å². The first-order valence-corrected chi connectivity index (χ1v) is 6.95. The highest BCUT2D eigenvalue weighted by Crippen LogP contribution is 2.30. The molecular formula is C13H13Cl2N3O2. The predicted molar refractivity (Wildman–Crippen MR) is 78.9 cm³/mol. The summed E-state index contributed by atoms with van der Waals surface area (Å²) in [5.41, 5.74) is 2.10. The van der Waals surface area contributed by atoms with Gasteiger partial charge in [-0.1, -0.05) is 31.5 Å². The third-order valence-corrected chi connectivity index (χ3v) is 3.57. The topological polar surface area (TPSA) is 61.0 Å². The maximum atomic E-state index is 10.8. The summed E-state index contributed by atoms with van der Waals surface area (Å²) in [5.74, 6) is 0.419. The maximum Gasteiger partial charge on any atom is 0.271 e. The Hall–Kier alpha value is -1.59. The van der Waals surface area contributed by atoms with Crippen LogP contribution in [0.25, 0.3) is 5.69 Å². The van der Waals surface area contributed by atoms with E-state index in [4.69, 9.17) is 23.2 Å². The van der Waals surface area contributed by atoms with Gasteiger partial charge < -0.3 is 0 Å². The molecule has 0 aliphatic heterocycles. The van der Waals surface area contributed by atoms with E-state index in [1.165, 1.54) is 16.8 Å². The standard InChI is InChI=1S/C13H13Cl2N3O2/c1-8(2)12-11(7-14)13(15)17(16-12)9-4-3-5-10(6-9)18(19)20/h3-6,8H,7H2,1-2H3. The zero-order chi connectivity index (χ0) is 14.9. The Morgan fingerprint density at radius 3 is 2.65 bits per heavy atom. The van der Waals surface area contributed by atoms with Crippen LogP contribution < -0.4 is 0 Å². The van der Waals surface area contributed by atoms with Crippen molar-refractivity contribution >= 4 is 28.9 Å². The average molecular weight is 314 g/mol. The normalized spacial score (nSPS) is 11.1. The fourth-order valence-corrected chi connectivity index (χ4v) is 2.57. The van der Waals surface area contributed by atoms with Gasteiger partial charge in [-0.15, -0.1) is 11.6 Å². The van der Waals surface area contributed by atoms with Crippen LogP contribution in [-0.2, 0) is 5.88 Å². The molecule has 1 aromatic carbocycles. The number of alkyl halides is 1. The Kier molecular flexibility index (Phi) is 4.30. The number of benzene rings is 1. The lowest BCUT2D eigenvalue weighted by molar-refractivity contribution is -0.384. The van der Waals surface area contributed by atoms with Crippen molar-refractivity contribution in [3.05, 3.63) is 50.8 Å². The summed E-state index contributed by atoms with van der Waals surface area (Å²) in [6, 6.07) is 6.17. The highest BCUT2D eigenvalue weighted by atomic mass is 35.5. The van der Waals surface area contributed by atoms with E-state index in [9.17, 15) is 10.1 Å². The van der Waals surface area contributed by atoms with Gasteiger partial charge in [-0.3, -0.25) is 10.1 Å². The first-order chi connectivity index (χ1) is 9.45. The van der Waals surface area contributed by atoms with Gasteiger partial charge in [0.2, 0.25) is 0 Å². The van der Waals surface area contributed by atoms with Gasteiger partial charge in [0.15, 0.2) is 0 Å². The number of nitro groups is 1. The molecule has 0 aliphatic rings. The van der Waals surface area contributed by atoms with Crippen molar-refractivity contribution in [3.8, 4) is 5.69 Å². The van der Waals surface area contributed by atoms with Crippen LogP contribution in [0.2, 0.25) is 5.15 Å². The van der Waals surface area contributed by atoms with Crippen LogP contribution in [-0.4, -0.2) is 14.7 Å². The molecule has 0 unspecified atom stereocenters. The zero-order valence-corrected chi connectivity index (χ0v) is 12.5. The van der Waals surface area contributed by atoms with Crippen LogP contribution in [0.5, 0.6) is 0 Å². The van der Waals surface area contributed by atoms with Crippen LogP contribution in [0.4, 0.5) is 5.69 Å². The quantitative estimate of drug-likeness (QED) is 0.480. The molecule has 0 spiro atoms. The Labute approximate surface area is 126 Å². The fraction of sp³-hybridized carbons (Fsp3) is 0.308. The molecule has 0 saturated carbocycles. The molecule has 2 rings (SSSR count). The second-order valence-electron chi connectivity index (χ2n) is 4.63. The lowest BCUT2D eigenvalue weighted by Gasteiger charge is -2.03. The van der Waals surface area contributed by atoms with E-state index in [0.717, 1.165) is 11.3 Å². The Morgan fingerprint density at radius 2 is 2.15 bits per heavy atom. The summed E-state index contributed by atoms with van der Waals surface area (Å²) in [7, 11) is 0.